The van der Waals surface area contributed by atoms with Crippen molar-refractivity contribution >= 4 is 17.3 Å². The van der Waals surface area contributed by atoms with E-state index in [0.29, 0.717) is 22.9 Å². The van der Waals surface area contributed by atoms with Crippen LogP contribution in [0.1, 0.15) is 41.3 Å². The molecule has 0 saturated carbocycles. The van der Waals surface area contributed by atoms with Gasteiger partial charge in [-0.1, -0.05) is 38.1 Å². The van der Waals surface area contributed by atoms with E-state index in [0.717, 1.165) is 5.56 Å². The first-order chi connectivity index (χ1) is 9.97. The predicted molar refractivity (Wildman–Crippen MR) is 84.9 cm³/mol. The lowest BCUT2D eigenvalue weighted by Gasteiger charge is -2.09. The standard InChI is InChI=1S/C17H20N2O2/c1-11(2)13-5-3-12(4-6-13)10-21-17(20)15-8-7-14(18)9-16(15)19/h3-9,11H,10,18-19H2,1-2H3. The van der Waals surface area contributed by atoms with Crippen molar-refractivity contribution in [2.45, 2.75) is 26.4 Å². The molecule has 21 heavy (non-hydrogen) atoms. The van der Waals surface area contributed by atoms with E-state index in [9.17, 15) is 4.79 Å². The molecule has 0 bridgehead atoms. The Kier molecular flexibility index (Phi) is 4.48. The number of hydrogen-bond donors (Lipinski definition) is 2. The molecule has 0 saturated heterocycles. The van der Waals surface area contributed by atoms with Gasteiger partial charge in [-0.2, -0.15) is 0 Å². The van der Waals surface area contributed by atoms with Crippen molar-refractivity contribution in [3.05, 3.63) is 59.2 Å². The van der Waals surface area contributed by atoms with Crippen LogP contribution in [-0.4, -0.2) is 5.97 Å². The number of nitrogens with two attached hydrogens (primary N) is 2. The Balaban J connectivity index is 2.00. The van der Waals surface area contributed by atoms with Crippen LogP contribution in [0.15, 0.2) is 42.5 Å². The van der Waals surface area contributed by atoms with E-state index in [2.05, 4.69) is 13.8 Å². The average molecular weight is 284 g/mol. The van der Waals surface area contributed by atoms with Crippen molar-refractivity contribution in [1.82, 2.24) is 0 Å². The summed E-state index contributed by atoms with van der Waals surface area (Å²) < 4.78 is 5.28. The van der Waals surface area contributed by atoms with Crippen LogP contribution in [0.25, 0.3) is 0 Å². The van der Waals surface area contributed by atoms with Crippen LogP contribution in [0.4, 0.5) is 11.4 Å². The van der Waals surface area contributed by atoms with E-state index < -0.39 is 5.97 Å². The van der Waals surface area contributed by atoms with Gasteiger partial charge in [0.1, 0.15) is 6.61 Å². The fourth-order valence-electron chi connectivity index (χ4n) is 1.99. The monoisotopic (exact) mass is 284 g/mol. The lowest BCUT2D eigenvalue weighted by Crippen LogP contribution is -2.08. The molecule has 0 amide bonds. The Morgan fingerprint density at radius 3 is 2.33 bits per heavy atom. The van der Waals surface area contributed by atoms with Crippen molar-refractivity contribution in [3.63, 3.8) is 0 Å². The second-order valence-electron chi connectivity index (χ2n) is 5.32. The van der Waals surface area contributed by atoms with Crippen LogP contribution in [0.3, 0.4) is 0 Å². The van der Waals surface area contributed by atoms with Crippen LogP contribution in [0.2, 0.25) is 0 Å². The van der Waals surface area contributed by atoms with E-state index in [-0.39, 0.29) is 6.61 Å². The summed E-state index contributed by atoms with van der Waals surface area (Å²) in [7, 11) is 0. The Bertz CT molecular complexity index is 634. The zero-order valence-corrected chi connectivity index (χ0v) is 12.3. The van der Waals surface area contributed by atoms with Crippen molar-refractivity contribution in [2.24, 2.45) is 0 Å². The molecule has 4 nitrogen and oxygen atoms in total. The summed E-state index contributed by atoms with van der Waals surface area (Å²) in [6.45, 7) is 4.50. The minimum atomic E-state index is -0.444. The maximum atomic E-state index is 12.0. The number of nitrogen functional groups attached to an aromatic ring is 2. The molecule has 4 heteroatoms. The van der Waals surface area contributed by atoms with Crippen LogP contribution in [0.5, 0.6) is 0 Å². The first-order valence-corrected chi connectivity index (χ1v) is 6.88. The van der Waals surface area contributed by atoms with E-state index in [4.69, 9.17) is 16.2 Å². The van der Waals surface area contributed by atoms with Crippen LogP contribution < -0.4 is 11.5 Å². The molecule has 0 aliphatic heterocycles. The maximum absolute atomic E-state index is 12.0. The average Bonchev–Trinajstić information content (AvgIpc) is 2.45. The highest BCUT2D eigenvalue weighted by Crippen LogP contribution is 2.18. The Morgan fingerprint density at radius 1 is 1.10 bits per heavy atom. The number of ether oxygens (including phenoxy) is 1. The summed E-state index contributed by atoms with van der Waals surface area (Å²) in [6.07, 6.45) is 0. The fraction of sp³-hybridized carbons (Fsp3) is 0.235. The lowest BCUT2D eigenvalue weighted by molar-refractivity contribution is 0.0474. The molecule has 0 aliphatic carbocycles. The molecule has 0 fully saturated rings. The van der Waals surface area contributed by atoms with Gasteiger partial charge in [0.05, 0.1) is 5.56 Å². The number of carbonyl (C=O) groups is 1. The number of esters is 1. The number of rotatable bonds is 4. The summed E-state index contributed by atoms with van der Waals surface area (Å²) in [5, 5.41) is 0. The predicted octanol–water partition coefficient (Wildman–Crippen LogP) is 3.33. The molecule has 0 spiro atoms. The van der Waals surface area contributed by atoms with Gasteiger partial charge in [0, 0.05) is 11.4 Å². The highest BCUT2D eigenvalue weighted by molar-refractivity contribution is 5.95. The van der Waals surface area contributed by atoms with Gasteiger partial charge in [-0.05, 0) is 35.2 Å². The Morgan fingerprint density at radius 2 is 1.76 bits per heavy atom. The molecule has 110 valence electrons. The summed E-state index contributed by atoms with van der Waals surface area (Å²) in [4.78, 5) is 12.0. The fourth-order valence-corrected chi connectivity index (χ4v) is 1.99. The highest BCUT2D eigenvalue weighted by atomic mass is 16.5. The zero-order valence-electron chi connectivity index (χ0n) is 12.3. The Labute approximate surface area is 124 Å². The molecule has 0 radical (unpaired) electrons. The molecule has 2 aromatic carbocycles. The van der Waals surface area contributed by atoms with Gasteiger partial charge in [0.2, 0.25) is 0 Å². The van der Waals surface area contributed by atoms with Gasteiger partial charge in [-0.25, -0.2) is 4.79 Å². The maximum Gasteiger partial charge on any atom is 0.340 e. The lowest BCUT2D eigenvalue weighted by atomic mass is 10.0. The van der Waals surface area contributed by atoms with E-state index >= 15 is 0 Å². The summed E-state index contributed by atoms with van der Waals surface area (Å²) >= 11 is 0. The first-order valence-electron chi connectivity index (χ1n) is 6.88. The van der Waals surface area contributed by atoms with Gasteiger partial charge in [-0.15, -0.1) is 0 Å². The number of hydrogen-bond acceptors (Lipinski definition) is 4. The minimum Gasteiger partial charge on any atom is -0.457 e. The second kappa shape index (κ2) is 6.31. The van der Waals surface area contributed by atoms with Crippen LogP contribution in [-0.2, 0) is 11.3 Å². The van der Waals surface area contributed by atoms with Crippen LogP contribution in [0, 0.1) is 0 Å². The third-order valence-corrected chi connectivity index (χ3v) is 3.31. The Hall–Kier alpha value is -2.49. The quantitative estimate of drug-likeness (QED) is 0.666. The molecule has 0 unspecified atom stereocenters. The zero-order chi connectivity index (χ0) is 15.4. The molecule has 0 atom stereocenters. The molecular weight excluding hydrogens is 264 g/mol. The van der Waals surface area contributed by atoms with Crippen LogP contribution >= 0.6 is 0 Å². The smallest absolute Gasteiger partial charge is 0.340 e. The van der Waals surface area contributed by atoms with Crippen molar-refractivity contribution in [2.75, 3.05) is 11.5 Å². The summed E-state index contributed by atoms with van der Waals surface area (Å²) in [5.74, 6) is 0.0385. The third kappa shape index (κ3) is 3.75. The molecular formula is C17H20N2O2. The minimum absolute atomic E-state index is 0.223. The number of carbonyl (C=O) groups excluding carboxylic acids is 1. The van der Waals surface area contributed by atoms with Gasteiger partial charge in [0.15, 0.2) is 0 Å². The summed E-state index contributed by atoms with van der Waals surface area (Å²) in [5.41, 5.74) is 14.8. The SMILES string of the molecule is CC(C)c1ccc(COC(=O)c2ccc(N)cc2N)cc1. The van der Waals surface area contributed by atoms with Gasteiger partial charge < -0.3 is 16.2 Å². The first kappa shape index (κ1) is 14.9. The van der Waals surface area contributed by atoms with E-state index in [1.807, 2.05) is 24.3 Å². The second-order valence-corrected chi connectivity index (χ2v) is 5.32. The van der Waals surface area contributed by atoms with Gasteiger partial charge >= 0.3 is 5.97 Å². The largest absolute Gasteiger partial charge is 0.457 e. The molecule has 0 heterocycles. The van der Waals surface area contributed by atoms with Crippen molar-refractivity contribution < 1.29 is 9.53 Å². The van der Waals surface area contributed by atoms with E-state index in [1.165, 1.54) is 5.56 Å². The summed E-state index contributed by atoms with van der Waals surface area (Å²) in [6, 6.07) is 12.8. The van der Waals surface area contributed by atoms with Crippen molar-refractivity contribution in [3.8, 4) is 0 Å². The third-order valence-electron chi connectivity index (χ3n) is 3.31. The number of benzene rings is 2. The molecule has 0 aromatic heterocycles. The van der Waals surface area contributed by atoms with E-state index in [1.54, 1.807) is 18.2 Å². The normalized spacial score (nSPS) is 10.6. The molecule has 2 rings (SSSR count). The highest BCUT2D eigenvalue weighted by Gasteiger charge is 2.11. The molecule has 0 aliphatic rings. The van der Waals surface area contributed by atoms with Crippen molar-refractivity contribution in [1.29, 1.82) is 0 Å². The molecule has 2 aromatic rings. The van der Waals surface area contributed by atoms with Gasteiger partial charge in [0.25, 0.3) is 0 Å². The number of anilines is 2. The topological polar surface area (TPSA) is 78.3 Å². The molecule has 4 N–H and O–H groups in total. The van der Waals surface area contributed by atoms with Gasteiger partial charge in [-0.3, -0.25) is 0 Å².